The number of thioether (sulfide) groups is 1. The van der Waals surface area contributed by atoms with E-state index in [1.807, 2.05) is 13.8 Å². The molecule has 0 radical (unpaired) electrons. The number of Topliss-reactive ketones (excluding diaryl/α,β-unsaturated/α-hetero) is 1. The lowest BCUT2D eigenvalue weighted by Crippen LogP contribution is -2.30. The maximum atomic E-state index is 13.4. The van der Waals surface area contributed by atoms with Crippen LogP contribution in [0.4, 0.5) is 0 Å². The second-order valence-electron chi connectivity index (χ2n) is 9.00. The number of ketones is 1. The molecule has 3 aromatic rings. The summed E-state index contributed by atoms with van der Waals surface area (Å²) in [6.07, 6.45) is 1.75. The fourth-order valence-electron chi connectivity index (χ4n) is 3.85. The van der Waals surface area contributed by atoms with Crippen molar-refractivity contribution in [1.29, 1.82) is 0 Å². The molecule has 1 amide bonds. The van der Waals surface area contributed by atoms with E-state index in [9.17, 15) is 14.4 Å². The van der Waals surface area contributed by atoms with Crippen LogP contribution in [0.3, 0.4) is 0 Å². The topological polar surface area (TPSA) is 90.3 Å². The Hall–Kier alpha value is -2.68. The van der Waals surface area contributed by atoms with Crippen LogP contribution in [0.25, 0.3) is 10.9 Å². The summed E-state index contributed by atoms with van der Waals surface area (Å²) in [6.45, 7) is 5.64. The quantitative estimate of drug-likeness (QED) is 0.256. The minimum Gasteiger partial charge on any atom is -0.376 e. The number of carbonyl (C=O) groups is 2. The highest BCUT2D eigenvalue weighted by atomic mass is 35.5. The van der Waals surface area contributed by atoms with Crippen molar-refractivity contribution >= 4 is 46.0 Å². The number of fused-ring (bicyclic) bond motifs is 1. The van der Waals surface area contributed by atoms with Crippen molar-refractivity contribution in [3.8, 4) is 0 Å². The van der Waals surface area contributed by atoms with Gasteiger partial charge in [0.25, 0.3) is 11.5 Å². The summed E-state index contributed by atoms with van der Waals surface area (Å²) in [5, 5.41) is 4.31. The first kappa shape index (κ1) is 25.4. The lowest BCUT2D eigenvalue weighted by atomic mass is 10.1. The maximum absolute atomic E-state index is 13.4. The molecule has 2 aromatic carbocycles. The van der Waals surface area contributed by atoms with Gasteiger partial charge in [0.05, 0.1) is 29.3 Å². The van der Waals surface area contributed by atoms with Crippen molar-refractivity contribution in [2.24, 2.45) is 5.92 Å². The highest BCUT2D eigenvalue weighted by Crippen LogP contribution is 2.23. The van der Waals surface area contributed by atoms with Crippen LogP contribution in [0, 0.1) is 5.92 Å². The molecule has 0 spiro atoms. The number of ether oxygens (including phenoxy) is 1. The Bertz CT molecular complexity index is 1280. The summed E-state index contributed by atoms with van der Waals surface area (Å²) in [4.78, 5) is 43.5. The summed E-state index contributed by atoms with van der Waals surface area (Å²) < 4.78 is 7.35. The van der Waals surface area contributed by atoms with Gasteiger partial charge in [-0.2, -0.15) is 0 Å². The van der Waals surface area contributed by atoms with Crippen molar-refractivity contribution in [1.82, 2.24) is 14.9 Å². The number of amides is 1. The molecule has 0 bridgehead atoms. The van der Waals surface area contributed by atoms with Gasteiger partial charge in [0, 0.05) is 29.3 Å². The van der Waals surface area contributed by atoms with Gasteiger partial charge in [-0.15, -0.1) is 0 Å². The third-order valence-corrected chi connectivity index (χ3v) is 6.99. The summed E-state index contributed by atoms with van der Waals surface area (Å²) in [5.74, 6) is 0.132. The molecule has 1 atom stereocenters. The molecule has 1 N–H and O–H groups in total. The second kappa shape index (κ2) is 11.4. The number of aromatic nitrogens is 2. The van der Waals surface area contributed by atoms with Gasteiger partial charge in [0.15, 0.2) is 10.9 Å². The van der Waals surface area contributed by atoms with Crippen LogP contribution < -0.4 is 10.9 Å². The Kier molecular flexibility index (Phi) is 8.26. The second-order valence-corrected chi connectivity index (χ2v) is 10.4. The lowest BCUT2D eigenvalue weighted by molar-refractivity contribution is 0.0937. The van der Waals surface area contributed by atoms with E-state index < -0.39 is 0 Å². The molecule has 0 saturated carbocycles. The molecule has 9 heteroatoms. The number of nitrogens with one attached hydrogen (secondary N) is 1. The average molecular weight is 514 g/mol. The Morgan fingerprint density at radius 3 is 2.63 bits per heavy atom. The Morgan fingerprint density at radius 1 is 1.20 bits per heavy atom. The number of hydrogen-bond donors (Lipinski definition) is 1. The van der Waals surface area contributed by atoms with E-state index in [2.05, 4.69) is 5.32 Å². The van der Waals surface area contributed by atoms with E-state index in [0.717, 1.165) is 12.8 Å². The Labute approximate surface area is 213 Å². The smallest absolute Gasteiger partial charge is 0.262 e. The van der Waals surface area contributed by atoms with E-state index in [4.69, 9.17) is 21.3 Å². The maximum Gasteiger partial charge on any atom is 0.262 e. The Balaban J connectivity index is 1.65. The zero-order valence-corrected chi connectivity index (χ0v) is 21.3. The molecular weight excluding hydrogens is 486 g/mol. The van der Waals surface area contributed by atoms with E-state index in [1.54, 1.807) is 47.0 Å². The molecule has 1 aliphatic rings. The zero-order valence-electron chi connectivity index (χ0n) is 19.8. The number of nitrogens with zero attached hydrogens (tertiary/aromatic N) is 2. The molecule has 1 aromatic heterocycles. The third kappa shape index (κ3) is 6.31. The first-order chi connectivity index (χ1) is 16.8. The highest BCUT2D eigenvalue weighted by molar-refractivity contribution is 7.99. The fraction of sp³-hybridized carbons (Fsp3) is 0.385. The van der Waals surface area contributed by atoms with Crippen LogP contribution in [0.5, 0.6) is 0 Å². The SMILES string of the molecule is CC(C)CNC(=O)c1ccc2c(=O)n(C[C@H]3CCCO3)c(SCC(=O)c3ccc(Cl)cc3)nc2c1. The lowest BCUT2D eigenvalue weighted by Gasteiger charge is -2.16. The van der Waals surface area contributed by atoms with E-state index in [1.165, 1.54) is 11.8 Å². The fourth-order valence-corrected chi connectivity index (χ4v) is 4.88. The summed E-state index contributed by atoms with van der Waals surface area (Å²) >= 11 is 7.14. The Morgan fingerprint density at radius 2 is 1.94 bits per heavy atom. The van der Waals surface area contributed by atoms with Gasteiger partial charge >= 0.3 is 0 Å². The number of carbonyl (C=O) groups excluding carboxylic acids is 2. The third-order valence-electron chi connectivity index (χ3n) is 5.76. The minimum atomic E-state index is -0.210. The van der Waals surface area contributed by atoms with Crippen molar-refractivity contribution in [2.75, 3.05) is 18.9 Å². The van der Waals surface area contributed by atoms with Crippen LogP contribution in [0.1, 0.15) is 47.4 Å². The molecule has 0 aliphatic carbocycles. The van der Waals surface area contributed by atoms with Crippen LogP contribution in [-0.2, 0) is 11.3 Å². The van der Waals surface area contributed by atoms with Crippen molar-refractivity contribution < 1.29 is 14.3 Å². The van der Waals surface area contributed by atoms with Crippen molar-refractivity contribution in [2.45, 2.75) is 44.5 Å². The molecule has 7 nitrogen and oxygen atoms in total. The molecule has 0 unspecified atom stereocenters. The normalized spacial score (nSPS) is 15.6. The predicted molar refractivity (Wildman–Crippen MR) is 139 cm³/mol. The van der Waals surface area contributed by atoms with Crippen molar-refractivity contribution in [3.05, 3.63) is 69.0 Å². The van der Waals surface area contributed by atoms with Gasteiger partial charge in [-0.3, -0.25) is 19.0 Å². The van der Waals surface area contributed by atoms with Crippen molar-refractivity contribution in [3.63, 3.8) is 0 Å². The average Bonchev–Trinajstić information content (AvgIpc) is 3.36. The number of rotatable bonds is 9. The number of benzene rings is 2. The summed E-state index contributed by atoms with van der Waals surface area (Å²) in [6, 6.07) is 11.6. The van der Waals surface area contributed by atoms with Crippen LogP contribution in [0.2, 0.25) is 5.02 Å². The van der Waals surface area contributed by atoms with Crippen LogP contribution >= 0.6 is 23.4 Å². The molecule has 35 heavy (non-hydrogen) atoms. The molecule has 2 heterocycles. The van der Waals surface area contributed by atoms with E-state index in [0.29, 0.717) is 57.8 Å². The van der Waals surface area contributed by atoms with Crippen LogP contribution in [0.15, 0.2) is 52.4 Å². The molecule has 1 aliphatic heterocycles. The van der Waals surface area contributed by atoms with Crippen LogP contribution in [-0.4, -0.2) is 46.2 Å². The van der Waals surface area contributed by atoms with E-state index in [-0.39, 0.29) is 29.1 Å². The zero-order chi connectivity index (χ0) is 24.9. The molecule has 4 rings (SSSR count). The highest BCUT2D eigenvalue weighted by Gasteiger charge is 2.21. The summed E-state index contributed by atoms with van der Waals surface area (Å²) in [7, 11) is 0. The van der Waals surface area contributed by atoms with Gasteiger partial charge in [0.1, 0.15) is 0 Å². The molecule has 184 valence electrons. The first-order valence-electron chi connectivity index (χ1n) is 11.7. The number of halogens is 1. The molecular formula is C26H28ClN3O4S. The van der Waals surface area contributed by atoms with Gasteiger partial charge in [-0.25, -0.2) is 4.98 Å². The van der Waals surface area contributed by atoms with Gasteiger partial charge in [0.2, 0.25) is 0 Å². The van der Waals surface area contributed by atoms with Gasteiger partial charge in [-0.05, 0) is 61.2 Å². The van der Waals surface area contributed by atoms with Gasteiger partial charge < -0.3 is 10.1 Å². The number of hydrogen-bond acceptors (Lipinski definition) is 6. The predicted octanol–water partition coefficient (Wildman–Crippen LogP) is 4.59. The molecule has 1 fully saturated rings. The first-order valence-corrected chi connectivity index (χ1v) is 13.0. The standard InChI is InChI=1S/C26H28ClN3O4S/c1-16(2)13-28-24(32)18-7-10-21-22(12-18)29-26(30(25(21)33)14-20-4-3-11-34-20)35-15-23(31)17-5-8-19(27)9-6-17/h5-10,12,16,20H,3-4,11,13-15H2,1-2H3,(H,28,32)/t20-/m1/s1. The molecule has 1 saturated heterocycles. The van der Waals surface area contributed by atoms with Gasteiger partial charge in [-0.1, -0.05) is 37.2 Å². The largest absolute Gasteiger partial charge is 0.376 e. The van der Waals surface area contributed by atoms with E-state index >= 15 is 0 Å². The summed E-state index contributed by atoms with van der Waals surface area (Å²) in [5.41, 5.74) is 1.20. The monoisotopic (exact) mass is 513 g/mol. The minimum absolute atomic E-state index is 0.0700.